The van der Waals surface area contributed by atoms with Gasteiger partial charge in [-0.2, -0.15) is 0 Å². The molecule has 0 radical (unpaired) electrons. The maximum atomic E-state index is 14.1. The summed E-state index contributed by atoms with van der Waals surface area (Å²) in [5.74, 6) is -0.510. The van der Waals surface area contributed by atoms with Crippen LogP contribution in [0.2, 0.25) is 0 Å². The van der Waals surface area contributed by atoms with Gasteiger partial charge in [0.1, 0.15) is 5.82 Å². The number of hydrogen-bond donors (Lipinski definition) is 1. The van der Waals surface area contributed by atoms with Gasteiger partial charge in [0.25, 0.3) is 5.91 Å². The molecule has 1 N–H and O–H groups in total. The fourth-order valence-electron chi connectivity index (χ4n) is 2.46. The predicted octanol–water partition coefficient (Wildman–Crippen LogP) is 4.49. The molecule has 0 unspecified atom stereocenters. The first-order chi connectivity index (χ1) is 11.1. The molecule has 0 saturated heterocycles. The van der Waals surface area contributed by atoms with E-state index in [1.807, 2.05) is 24.4 Å². The minimum Gasteiger partial charge on any atom is -0.380 e. The smallest absolute Gasteiger partial charge is 0.262 e. The average Bonchev–Trinajstić information content (AvgIpc) is 3.10. The number of nitrogens with one attached hydrogen (secondary N) is 1. The summed E-state index contributed by atoms with van der Waals surface area (Å²) in [6, 6.07) is 6.91. The molecule has 0 saturated carbocycles. The van der Waals surface area contributed by atoms with E-state index < -0.39 is 0 Å². The number of rotatable bonds is 5. The molecule has 3 nitrogen and oxygen atoms in total. The van der Waals surface area contributed by atoms with Crippen LogP contribution in [0.15, 0.2) is 29.6 Å². The van der Waals surface area contributed by atoms with Crippen LogP contribution < -0.4 is 5.32 Å². The summed E-state index contributed by atoms with van der Waals surface area (Å²) >= 11 is 2.91. The van der Waals surface area contributed by atoms with Gasteiger partial charge in [0.2, 0.25) is 0 Å². The molecule has 0 aliphatic carbocycles. The first-order valence-electron chi connectivity index (χ1n) is 7.11. The van der Waals surface area contributed by atoms with E-state index in [1.165, 1.54) is 17.4 Å². The van der Waals surface area contributed by atoms with Crippen LogP contribution in [-0.4, -0.2) is 13.0 Å². The van der Waals surface area contributed by atoms with Crippen molar-refractivity contribution >= 4 is 38.7 Å². The minimum absolute atomic E-state index is 0.189. The van der Waals surface area contributed by atoms with Crippen LogP contribution in [0.4, 0.5) is 4.39 Å². The number of hydrogen-bond acceptors (Lipinski definition) is 4. The molecular formula is C17H16FNO2S2. The number of fused-ring (bicyclic) bond motifs is 1. The van der Waals surface area contributed by atoms with Gasteiger partial charge in [0.15, 0.2) is 0 Å². The van der Waals surface area contributed by atoms with Crippen molar-refractivity contribution in [3.05, 3.63) is 56.3 Å². The lowest BCUT2D eigenvalue weighted by molar-refractivity contribution is 0.0951. The maximum absolute atomic E-state index is 14.1. The molecule has 1 amide bonds. The summed E-state index contributed by atoms with van der Waals surface area (Å²) < 4.78 is 20.1. The number of thiophene rings is 2. The Morgan fingerprint density at radius 2 is 2.17 bits per heavy atom. The van der Waals surface area contributed by atoms with E-state index in [0.717, 1.165) is 15.1 Å². The molecule has 2 aromatic heterocycles. The Hall–Kier alpha value is -1.76. The molecule has 0 atom stereocenters. The molecule has 0 aliphatic heterocycles. The van der Waals surface area contributed by atoms with Gasteiger partial charge in [-0.25, -0.2) is 4.39 Å². The van der Waals surface area contributed by atoms with Crippen molar-refractivity contribution in [2.24, 2.45) is 0 Å². The standard InChI is InChI=1S/C17H16FNO2S2/c1-10-6-7-22-14(10)8-19-17(20)16-11(9-21-2)15-12(18)4-3-5-13(15)23-16/h3-7H,8-9H2,1-2H3,(H,19,20). The second kappa shape index (κ2) is 6.78. The first kappa shape index (κ1) is 16.1. The lowest BCUT2D eigenvalue weighted by Gasteiger charge is -2.06. The van der Waals surface area contributed by atoms with Gasteiger partial charge in [-0.1, -0.05) is 6.07 Å². The highest BCUT2D eigenvalue weighted by Crippen LogP contribution is 2.33. The van der Waals surface area contributed by atoms with E-state index >= 15 is 0 Å². The number of carbonyl (C=O) groups excluding carboxylic acids is 1. The maximum Gasteiger partial charge on any atom is 0.262 e. The highest BCUT2D eigenvalue weighted by Gasteiger charge is 2.20. The molecular weight excluding hydrogens is 333 g/mol. The van der Waals surface area contributed by atoms with Crippen LogP contribution in [0.5, 0.6) is 0 Å². The summed E-state index contributed by atoms with van der Waals surface area (Å²) in [6.07, 6.45) is 0. The molecule has 3 aromatic rings. The number of benzene rings is 1. The summed E-state index contributed by atoms with van der Waals surface area (Å²) in [6.45, 7) is 2.70. The molecule has 23 heavy (non-hydrogen) atoms. The highest BCUT2D eigenvalue weighted by molar-refractivity contribution is 7.21. The van der Waals surface area contributed by atoms with E-state index in [0.29, 0.717) is 22.4 Å². The highest BCUT2D eigenvalue weighted by atomic mass is 32.1. The Morgan fingerprint density at radius 3 is 2.87 bits per heavy atom. The normalized spacial score (nSPS) is 11.1. The van der Waals surface area contributed by atoms with E-state index in [1.54, 1.807) is 24.5 Å². The van der Waals surface area contributed by atoms with Crippen molar-refractivity contribution in [3.63, 3.8) is 0 Å². The SMILES string of the molecule is COCc1c(C(=O)NCc2sccc2C)sc2cccc(F)c12. The van der Waals surface area contributed by atoms with Crippen molar-refractivity contribution < 1.29 is 13.9 Å². The second-order valence-electron chi connectivity index (χ2n) is 5.17. The second-order valence-corrected chi connectivity index (χ2v) is 7.22. The van der Waals surface area contributed by atoms with Gasteiger partial charge in [-0.15, -0.1) is 22.7 Å². The third-order valence-corrected chi connectivity index (χ3v) is 5.85. The molecule has 0 spiro atoms. The van der Waals surface area contributed by atoms with Crippen LogP contribution in [0, 0.1) is 12.7 Å². The number of aryl methyl sites for hydroxylation is 1. The molecule has 0 aliphatic rings. The first-order valence-corrected chi connectivity index (χ1v) is 8.81. The third kappa shape index (κ3) is 3.15. The van der Waals surface area contributed by atoms with Crippen molar-refractivity contribution in [1.29, 1.82) is 0 Å². The number of amides is 1. The number of ether oxygens (including phenoxy) is 1. The van der Waals surface area contributed by atoms with Crippen molar-refractivity contribution in [2.45, 2.75) is 20.1 Å². The quantitative estimate of drug-likeness (QED) is 0.737. The third-order valence-electron chi connectivity index (χ3n) is 3.64. The largest absolute Gasteiger partial charge is 0.380 e. The van der Waals surface area contributed by atoms with E-state index in [4.69, 9.17) is 4.74 Å². The van der Waals surface area contributed by atoms with Gasteiger partial charge in [0, 0.05) is 27.6 Å². The minimum atomic E-state index is -0.320. The van der Waals surface area contributed by atoms with Crippen LogP contribution >= 0.6 is 22.7 Å². The number of halogens is 1. The zero-order chi connectivity index (χ0) is 16.4. The molecule has 120 valence electrons. The molecule has 0 fully saturated rings. The Balaban J connectivity index is 1.92. The zero-order valence-corrected chi connectivity index (χ0v) is 14.4. The van der Waals surface area contributed by atoms with E-state index in [9.17, 15) is 9.18 Å². The molecule has 3 rings (SSSR count). The van der Waals surface area contributed by atoms with E-state index in [-0.39, 0.29) is 18.3 Å². The van der Waals surface area contributed by atoms with Crippen molar-refractivity contribution in [2.75, 3.05) is 7.11 Å². The predicted molar refractivity (Wildman–Crippen MR) is 92.7 cm³/mol. The van der Waals surface area contributed by atoms with Crippen LogP contribution in [0.25, 0.3) is 10.1 Å². The van der Waals surface area contributed by atoms with Crippen LogP contribution in [0.3, 0.4) is 0 Å². The van der Waals surface area contributed by atoms with Crippen LogP contribution in [0.1, 0.15) is 25.7 Å². The van der Waals surface area contributed by atoms with Gasteiger partial charge < -0.3 is 10.1 Å². The Labute approximate surface area is 141 Å². The molecule has 0 bridgehead atoms. The summed E-state index contributed by atoms with van der Waals surface area (Å²) in [5, 5.41) is 5.41. The number of methoxy groups -OCH3 is 1. The molecule has 2 heterocycles. The van der Waals surface area contributed by atoms with Gasteiger partial charge >= 0.3 is 0 Å². The van der Waals surface area contributed by atoms with Gasteiger partial charge in [-0.3, -0.25) is 4.79 Å². The lowest BCUT2D eigenvalue weighted by Crippen LogP contribution is -2.22. The fraction of sp³-hybridized carbons (Fsp3) is 0.235. The number of carbonyl (C=O) groups is 1. The van der Waals surface area contributed by atoms with Gasteiger partial charge in [-0.05, 0) is 36.1 Å². The summed E-state index contributed by atoms with van der Waals surface area (Å²) in [7, 11) is 1.54. The molecule has 6 heteroatoms. The topological polar surface area (TPSA) is 38.3 Å². The zero-order valence-electron chi connectivity index (χ0n) is 12.8. The monoisotopic (exact) mass is 349 g/mol. The summed E-state index contributed by atoms with van der Waals surface area (Å²) in [4.78, 5) is 14.2. The van der Waals surface area contributed by atoms with Crippen molar-refractivity contribution in [1.82, 2.24) is 5.32 Å². The van der Waals surface area contributed by atoms with Crippen molar-refractivity contribution in [3.8, 4) is 0 Å². The Kier molecular flexibility index (Phi) is 4.75. The average molecular weight is 349 g/mol. The summed E-state index contributed by atoms with van der Waals surface area (Å²) in [5.41, 5.74) is 1.78. The Bertz CT molecular complexity index is 854. The lowest BCUT2D eigenvalue weighted by atomic mass is 10.1. The van der Waals surface area contributed by atoms with E-state index in [2.05, 4.69) is 5.32 Å². The fourth-order valence-corrected chi connectivity index (χ4v) is 4.44. The molecule has 1 aromatic carbocycles. The van der Waals surface area contributed by atoms with Crippen LogP contribution in [-0.2, 0) is 17.9 Å². The Morgan fingerprint density at radius 1 is 1.35 bits per heavy atom. The van der Waals surface area contributed by atoms with Gasteiger partial charge in [0.05, 0.1) is 18.0 Å².